The molecule has 0 aliphatic carbocycles. The zero-order chi connectivity index (χ0) is 21.4. The van der Waals surface area contributed by atoms with Crippen molar-refractivity contribution in [2.24, 2.45) is 5.92 Å². The molecule has 0 saturated heterocycles. The van der Waals surface area contributed by atoms with Crippen LogP contribution in [0.4, 0.5) is 10.5 Å². The number of carboxylic acids is 2. The van der Waals surface area contributed by atoms with E-state index in [4.69, 9.17) is 14.9 Å². The number of Topliss-reactive ketones (excluding diaryl/α,β-unsaturated/α-hetero) is 1. The van der Waals surface area contributed by atoms with E-state index >= 15 is 0 Å². The van der Waals surface area contributed by atoms with Gasteiger partial charge in [-0.05, 0) is 42.0 Å². The highest BCUT2D eigenvalue weighted by molar-refractivity contribution is 6.03. The topological polar surface area (TPSA) is 139 Å². The molecule has 0 fully saturated rings. The van der Waals surface area contributed by atoms with E-state index in [1.165, 1.54) is 31.4 Å². The number of ketones is 1. The van der Waals surface area contributed by atoms with Crippen LogP contribution < -0.4 is 10.1 Å². The standard InChI is InChI=1S/C20H19NO8/c1-28-20(27)21-14-4-2-3-12(9-14)11-29-15-7-5-13(6-8-15)17(22)10-16(18(23)24)19(25)26/h2-9,16H,10-11H2,1H3,(H,21,27)(H,23,24)(H,25,26). The summed E-state index contributed by atoms with van der Waals surface area (Å²) in [5.41, 5.74) is 1.52. The van der Waals surface area contributed by atoms with E-state index in [1.807, 2.05) is 0 Å². The van der Waals surface area contributed by atoms with E-state index in [-0.39, 0.29) is 12.2 Å². The average Bonchev–Trinajstić information content (AvgIpc) is 2.70. The predicted molar refractivity (Wildman–Crippen MR) is 101 cm³/mol. The van der Waals surface area contributed by atoms with Crippen molar-refractivity contribution < 1.29 is 38.9 Å². The van der Waals surface area contributed by atoms with Gasteiger partial charge in [-0.25, -0.2) is 4.79 Å². The summed E-state index contributed by atoms with van der Waals surface area (Å²) in [5.74, 6) is -5.04. The minimum absolute atomic E-state index is 0.189. The maximum Gasteiger partial charge on any atom is 0.411 e. The molecule has 0 aliphatic rings. The van der Waals surface area contributed by atoms with Gasteiger partial charge in [0.25, 0.3) is 0 Å². The van der Waals surface area contributed by atoms with Crippen molar-refractivity contribution in [2.75, 3.05) is 12.4 Å². The van der Waals surface area contributed by atoms with Gasteiger partial charge in [0.1, 0.15) is 12.4 Å². The normalized spacial score (nSPS) is 10.3. The Kier molecular flexibility index (Phi) is 7.30. The molecule has 2 rings (SSSR count). The van der Waals surface area contributed by atoms with Crippen LogP contribution >= 0.6 is 0 Å². The van der Waals surface area contributed by atoms with Gasteiger partial charge in [0, 0.05) is 17.7 Å². The van der Waals surface area contributed by atoms with Gasteiger partial charge >= 0.3 is 18.0 Å². The molecule has 2 aromatic carbocycles. The third-order valence-corrected chi connectivity index (χ3v) is 3.93. The number of hydrogen-bond donors (Lipinski definition) is 3. The Labute approximate surface area is 165 Å². The lowest BCUT2D eigenvalue weighted by atomic mass is 9.98. The van der Waals surface area contributed by atoms with E-state index < -0.39 is 36.2 Å². The van der Waals surface area contributed by atoms with Gasteiger partial charge in [-0.2, -0.15) is 0 Å². The number of amides is 1. The first kappa shape index (κ1) is 21.4. The molecule has 0 aliphatic heterocycles. The minimum Gasteiger partial charge on any atom is -0.489 e. The van der Waals surface area contributed by atoms with Gasteiger partial charge in [0.15, 0.2) is 11.7 Å². The molecule has 0 radical (unpaired) electrons. The smallest absolute Gasteiger partial charge is 0.411 e. The van der Waals surface area contributed by atoms with Crippen LogP contribution in [0.15, 0.2) is 48.5 Å². The third kappa shape index (κ3) is 6.35. The molecule has 0 spiro atoms. The van der Waals surface area contributed by atoms with E-state index in [0.29, 0.717) is 11.4 Å². The van der Waals surface area contributed by atoms with Crippen molar-refractivity contribution in [3.8, 4) is 5.75 Å². The molecule has 29 heavy (non-hydrogen) atoms. The number of ether oxygens (including phenoxy) is 2. The second-order valence-corrected chi connectivity index (χ2v) is 5.99. The molecular formula is C20H19NO8. The van der Waals surface area contributed by atoms with Crippen molar-refractivity contribution in [3.63, 3.8) is 0 Å². The summed E-state index contributed by atoms with van der Waals surface area (Å²) >= 11 is 0. The molecule has 0 atom stereocenters. The summed E-state index contributed by atoms with van der Waals surface area (Å²) < 4.78 is 10.2. The Morgan fingerprint density at radius 1 is 1.00 bits per heavy atom. The van der Waals surface area contributed by atoms with Gasteiger partial charge in [-0.3, -0.25) is 19.7 Å². The highest BCUT2D eigenvalue weighted by Crippen LogP contribution is 2.18. The Morgan fingerprint density at radius 2 is 1.66 bits per heavy atom. The lowest BCUT2D eigenvalue weighted by Crippen LogP contribution is -2.26. The maximum absolute atomic E-state index is 12.1. The van der Waals surface area contributed by atoms with Crippen molar-refractivity contribution in [1.82, 2.24) is 0 Å². The van der Waals surface area contributed by atoms with Gasteiger partial charge in [0.2, 0.25) is 0 Å². The number of aliphatic carboxylic acids is 2. The van der Waals surface area contributed by atoms with Crippen LogP contribution in [0.1, 0.15) is 22.3 Å². The predicted octanol–water partition coefficient (Wildman–Crippen LogP) is 2.80. The number of carbonyl (C=O) groups excluding carboxylic acids is 2. The van der Waals surface area contributed by atoms with Gasteiger partial charge in [-0.1, -0.05) is 12.1 Å². The van der Waals surface area contributed by atoms with Gasteiger partial charge < -0.3 is 19.7 Å². The summed E-state index contributed by atoms with van der Waals surface area (Å²) in [6, 6.07) is 12.9. The summed E-state index contributed by atoms with van der Waals surface area (Å²) in [5, 5.41) is 20.3. The van der Waals surface area contributed by atoms with Crippen LogP contribution in [0.3, 0.4) is 0 Å². The fraction of sp³-hybridized carbons (Fsp3) is 0.200. The highest BCUT2D eigenvalue weighted by Gasteiger charge is 2.28. The fourth-order valence-electron chi connectivity index (χ4n) is 2.39. The molecule has 0 heterocycles. The Balaban J connectivity index is 1.96. The van der Waals surface area contributed by atoms with Crippen LogP contribution in [0.5, 0.6) is 5.75 Å². The second kappa shape index (κ2) is 9.88. The van der Waals surface area contributed by atoms with E-state index in [0.717, 1.165) is 5.56 Å². The summed E-state index contributed by atoms with van der Waals surface area (Å²) in [7, 11) is 1.26. The SMILES string of the molecule is COC(=O)Nc1cccc(COc2ccc(C(=O)CC(C(=O)O)C(=O)O)cc2)c1. The van der Waals surface area contributed by atoms with Crippen LogP contribution in [0, 0.1) is 5.92 Å². The van der Waals surface area contributed by atoms with Crippen LogP contribution in [0.2, 0.25) is 0 Å². The van der Waals surface area contributed by atoms with E-state index in [9.17, 15) is 19.2 Å². The van der Waals surface area contributed by atoms with Crippen LogP contribution in [-0.2, 0) is 20.9 Å². The average molecular weight is 401 g/mol. The highest BCUT2D eigenvalue weighted by atomic mass is 16.5. The molecule has 9 heteroatoms. The van der Waals surface area contributed by atoms with Crippen molar-refractivity contribution in [2.45, 2.75) is 13.0 Å². The second-order valence-electron chi connectivity index (χ2n) is 5.99. The molecule has 0 saturated carbocycles. The Hall–Kier alpha value is -3.88. The summed E-state index contributed by atoms with van der Waals surface area (Å²) in [4.78, 5) is 45.1. The minimum atomic E-state index is -1.79. The fourth-order valence-corrected chi connectivity index (χ4v) is 2.39. The number of anilines is 1. The zero-order valence-electron chi connectivity index (χ0n) is 15.5. The molecule has 0 aromatic heterocycles. The molecule has 3 N–H and O–H groups in total. The molecule has 1 amide bonds. The lowest BCUT2D eigenvalue weighted by Gasteiger charge is -2.10. The first-order valence-electron chi connectivity index (χ1n) is 8.45. The third-order valence-electron chi connectivity index (χ3n) is 3.93. The maximum atomic E-state index is 12.1. The Morgan fingerprint density at radius 3 is 2.24 bits per heavy atom. The van der Waals surface area contributed by atoms with Crippen molar-refractivity contribution in [1.29, 1.82) is 0 Å². The van der Waals surface area contributed by atoms with E-state index in [2.05, 4.69) is 10.1 Å². The quantitative estimate of drug-likeness (QED) is 0.430. The number of carboxylic acid groups (broad SMARTS) is 2. The van der Waals surface area contributed by atoms with Crippen LogP contribution in [-0.4, -0.2) is 41.1 Å². The van der Waals surface area contributed by atoms with Gasteiger partial charge in [0.05, 0.1) is 7.11 Å². The molecule has 152 valence electrons. The number of carbonyl (C=O) groups is 4. The molecule has 0 unspecified atom stereocenters. The Bertz CT molecular complexity index is 893. The van der Waals surface area contributed by atoms with Crippen molar-refractivity contribution >= 4 is 29.5 Å². The number of rotatable bonds is 9. The number of hydrogen-bond acceptors (Lipinski definition) is 6. The monoisotopic (exact) mass is 401 g/mol. The number of methoxy groups -OCH3 is 1. The number of nitrogens with one attached hydrogen (secondary N) is 1. The lowest BCUT2D eigenvalue weighted by molar-refractivity contribution is -0.154. The van der Waals surface area contributed by atoms with Crippen molar-refractivity contribution in [3.05, 3.63) is 59.7 Å². The number of benzene rings is 2. The molecular weight excluding hydrogens is 382 g/mol. The van der Waals surface area contributed by atoms with Crippen LogP contribution in [0.25, 0.3) is 0 Å². The molecule has 2 aromatic rings. The first-order chi connectivity index (χ1) is 13.8. The molecule has 0 bridgehead atoms. The largest absolute Gasteiger partial charge is 0.489 e. The zero-order valence-corrected chi connectivity index (χ0v) is 15.5. The van der Waals surface area contributed by atoms with Gasteiger partial charge in [-0.15, -0.1) is 0 Å². The van der Waals surface area contributed by atoms with E-state index in [1.54, 1.807) is 24.3 Å². The molecule has 9 nitrogen and oxygen atoms in total. The summed E-state index contributed by atoms with van der Waals surface area (Å²) in [6.45, 7) is 0.199. The summed E-state index contributed by atoms with van der Waals surface area (Å²) in [6.07, 6.45) is -1.22. The first-order valence-corrected chi connectivity index (χ1v) is 8.45.